The lowest BCUT2D eigenvalue weighted by Gasteiger charge is -2.37. The number of nitrogens with zero attached hydrogens (tertiary/aromatic N) is 1. The van der Waals surface area contributed by atoms with Crippen LogP contribution in [0.3, 0.4) is 0 Å². The molecule has 3 rings (SSSR count). The molecular formula is C18H24ClFN2O2. The second-order valence-corrected chi connectivity index (χ2v) is 7.41. The highest BCUT2D eigenvalue weighted by atomic mass is 35.5. The molecule has 1 N–H and O–H groups in total. The van der Waals surface area contributed by atoms with Gasteiger partial charge in [0.05, 0.1) is 12.1 Å². The van der Waals surface area contributed by atoms with Gasteiger partial charge in [-0.25, -0.2) is 4.39 Å². The maximum atomic E-state index is 13.5. The van der Waals surface area contributed by atoms with Crippen LogP contribution >= 0.6 is 11.6 Å². The topological polar surface area (TPSA) is 41.6 Å². The summed E-state index contributed by atoms with van der Waals surface area (Å²) in [6.07, 6.45) is 1.93. The van der Waals surface area contributed by atoms with Crippen molar-refractivity contribution >= 4 is 17.5 Å². The smallest absolute Gasteiger partial charge is 0.217 e. The van der Waals surface area contributed by atoms with Gasteiger partial charge >= 0.3 is 0 Å². The second kappa shape index (κ2) is 7.38. The molecule has 1 heterocycles. The summed E-state index contributed by atoms with van der Waals surface area (Å²) in [5, 5.41) is 3.63. The van der Waals surface area contributed by atoms with Crippen LogP contribution in [0.1, 0.15) is 25.3 Å². The molecule has 24 heavy (non-hydrogen) atoms. The molecule has 0 radical (unpaired) electrons. The van der Waals surface area contributed by atoms with E-state index in [4.69, 9.17) is 16.3 Å². The number of hydrogen-bond acceptors (Lipinski definition) is 3. The van der Waals surface area contributed by atoms with E-state index in [9.17, 15) is 9.18 Å². The number of carbonyl (C=O) groups excluding carboxylic acids is 1. The molecular weight excluding hydrogens is 331 g/mol. The van der Waals surface area contributed by atoms with Crippen molar-refractivity contribution in [1.29, 1.82) is 0 Å². The second-order valence-electron chi connectivity index (χ2n) is 7.00. The number of nitrogens with one attached hydrogen (secondary N) is 1. The van der Waals surface area contributed by atoms with Gasteiger partial charge in [-0.05, 0) is 48.4 Å². The summed E-state index contributed by atoms with van der Waals surface area (Å²) in [5.74, 6) is 0.811. The van der Waals surface area contributed by atoms with Gasteiger partial charge < -0.3 is 10.1 Å². The zero-order chi connectivity index (χ0) is 17.3. The molecule has 1 aliphatic heterocycles. The quantitative estimate of drug-likeness (QED) is 0.904. The number of methoxy groups -OCH3 is 1. The highest BCUT2D eigenvalue weighted by Crippen LogP contribution is 2.38. The molecule has 1 saturated heterocycles. The van der Waals surface area contributed by atoms with E-state index in [0.29, 0.717) is 23.4 Å². The number of likely N-dealkylation sites (tertiary alicyclic amines) is 1. The van der Waals surface area contributed by atoms with Crippen LogP contribution in [0.2, 0.25) is 5.02 Å². The van der Waals surface area contributed by atoms with Crippen molar-refractivity contribution in [3.63, 3.8) is 0 Å². The van der Waals surface area contributed by atoms with E-state index in [-0.39, 0.29) is 23.9 Å². The molecule has 1 aliphatic carbocycles. The van der Waals surface area contributed by atoms with E-state index in [1.807, 2.05) is 0 Å². The van der Waals surface area contributed by atoms with Crippen LogP contribution in [0.5, 0.6) is 0 Å². The molecule has 2 fully saturated rings. The number of fused-ring (bicyclic) bond motifs is 1. The standard InChI is InChI=1S/C18H24ClFN2O2/c1-11(23)21-17-6-12-8-22(9-13(12)7-18(17)24-2)10-14-5-15(20)3-4-16(14)19/h3-5,12-13,17-18H,6-10H2,1-2H3,(H,21,23)/t12-,13+,17-,18-/m1/s1. The Balaban J connectivity index is 1.65. The molecule has 0 unspecified atom stereocenters. The lowest BCUT2D eigenvalue weighted by Crippen LogP contribution is -2.49. The Morgan fingerprint density at radius 1 is 1.38 bits per heavy atom. The molecule has 1 saturated carbocycles. The van der Waals surface area contributed by atoms with Gasteiger partial charge in [0.15, 0.2) is 0 Å². The predicted molar refractivity (Wildman–Crippen MR) is 91.3 cm³/mol. The van der Waals surface area contributed by atoms with E-state index in [1.54, 1.807) is 20.1 Å². The number of rotatable bonds is 4. The van der Waals surface area contributed by atoms with Crippen LogP contribution in [0.15, 0.2) is 18.2 Å². The Morgan fingerprint density at radius 3 is 2.75 bits per heavy atom. The molecule has 0 bridgehead atoms. The largest absolute Gasteiger partial charge is 0.379 e. The number of ether oxygens (including phenoxy) is 1. The Bertz CT molecular complexity index is 613. The van der Waals surface area contributed by atoms with Crippen molar-refractivity contribution in [1.82, 2.24) is 10.2 Å². The minimum absolute atomic E-state index is 0.0121. The first-order valence-corrected chi connectivity index (χ1v) is 8.80. The number of amides is 1. The summed E-state index contributed by atoms with van der Waals surface area (Å²) in [6.45, 7) is 4.12. The first kappa shape index (κ1) is 17.6. The number of halogens is 2. The van der Waals surface area contributed by atoms with Crippen LogP contribution in [0.25, 0.3) is 0 Å². The summed E-state index contributed by atoms with van der Waals surface area (Å²) in [5.41, 5.74) is 0.831. The van der Waals surface area contributed by atoms with Gasteiger partial charge in [0.1, 0.15) is 5.82 Å². The summed E-state index contributed by atoms with van der Waals surface area (Å²) < 4.78 is 19.0. The molecule has 0 spiro atoms. The van der Waals surface area contributed by atoms with Crippen LogP contribution in [0, 0.1) is 17.7 Å². The lowest BCUT2D eigenvalue weighted by molar-refractivity contribution is -0.121. The van der Waals surface area contributed by atoms with Crippen molar-refractivity contribution in [3.05, 3.63) is 34.6 Å². The van der Waals surface area contributed by atoms with Gasteiger partial charge in [-0.2, -0.15) is 0 Å². The number of carbonyl (C=O) groups is 1. The maximum absolute atomic E-state index is 13.5. The minimum Gasteiger partial charge on any atom is -0.379 e. The molecule has 1 aromatic rings. The molecule has 4 nitrogen and oxygen atoms in total. The van der Waals surface area contributed by atoms with Crippen molar-refractivity contribution in [2.75, 3.05) is 20.2 Å². The van der Waals surface area contributed by atoms with Crippen molar-refractivity contribution < 1.29 is 13.9 Å². The monoisotopic (exact) mass is 354 g/mol. The first-order valence-electron chi connectivity index (χ1n) is 8.42. The SMILES string of the molecule is CO[C@@H]1C[C@H]2CN(Cc3cc(F)ccc3Cl)C[C@H]2C[C@H]1NC(C)=O. The summed E-state index contributed by atoms with van der Waals surface area (Å²) in [7, 11) is 1.71. The average molecular weight is 355 g/mol. The first-order chi connectivity index (χ1) is 11.5. The third-order valence-electron chi connectivity index (χ3n) is 5.29. The summed E-state index contributed by atoms with van der Waals surface area (Å²) >= 11 is 6.19. The fourth-order valence-corrected chi connectivity index (χ4v) is 4.40. The van der Waals surface area contributed by atoms with Crippen molar-refractivity contribution in [2.45, 2.75) is 38.5 Å². The normalized spacial score (nSPS) is 30.2. The van der Waals surface area contributed by atoms with Gasteiger partial charge in [0, 0.05) is 38.7 Å². The van der Waals surface area contributed by atoms with Gasteiger partial charge in [-0.3, -0.25) is 9.69 Å². The molecule has 4 atom stereocenters. The van der Waals surface area contributed by atoms with Crippen molar-refractivity contribution in [2.24, 2.45) is 11.8 Å². The highest BCUT2D eigenvalue weighted by molar-refractivity contribution is 6.31. The molecule has 2 aliphatic rings. The van der Waals surface area contributed by atoms with Crippen LogP contribution in [0.4, 0.5) is 4.39 Å². The summed E-state index contributed by atoms with van der Waals surface area (Å²) in [6, 6.07) is 4.59. The van der Waals surface area contributed by atoms with Gasteiger partial charge in [0.2, 0.25) is 5.91 Å². The molecule has 0 aromatic heterocycles. The third kappa shape index (κ3) is 3.90. The predicted octanol–water partition coefficient (Wildman–Crippen LogP) is 2.84. The molecule has 6 heteroatoms. The maximum Gasteiger partial charge on any atom is 0.217 e. The fourth-order valence-electron chi connectivity index (χ4n) is 4.22. The van der Waals surface area contributed by atoms with Crippen LogP contribution in [-0.2, 0) is 16.1 Å². The third-order valence-corrected chi connectivity index (χ3v) is 5.65. The Kier molecular flexibility index (Phi) is 5.42. The Morgan fingerprint density at radius 2 is 2.08 bits per heavy atom. The van der Waals surface area contributed by atoms with Crippen LogP contribution in [-0.4, -0.2) is 43.2 Å². The Labute approximate surface area is 147 Å². The van der Waals surface area contributed by atoms with E-state index in [1.165, 1.54) is 12.1 Å². The minimum atomic E-state index is -0.254. The molecule has 1 aromatic carbocycles. The Hall–Kier alpha value is -1.17. The fraction of sp³-hybridized carbons (Fsp3) is 0.611. The lowest BCUT2D eigenvalue weighted by atomic mass is 9.77. The molecule has 1 amide bonds. The van der Waals surface area contributed by atoms with E-state index >= 15 is 0 Å². The zero-order valence-corrected chi connectivity index (χ0v) is 14.9. The highest BCUT2D eigenvalue weighted by Gasteiger charge is 2.42. The number of benzene rings is 1. The van der Waals surface area contributed by atoms with Crippen molar-refractivity contribution in [3.8, 4) is 0 Å². The van der Waals surface area contributed by atoms with Gasteiger partial charge in [-0.1, -0.05) is 11.6 Å². The van der Waals surface area contributed by atoms with E-state index < -0.39 is 0 Å². The molecule has 132 valence electrons. The number of hydrogen-bond donors (Lipinski definition) is 1. The van der Waals surface area contributed by atoms with Gasteiger partial charge in [0.25, 0.3) is 0 Å². The van der Waals surface area contributed by atoms with Crippen LogP contribution < -0.4 is 5.32 Å². The zero-order valence-electron chi connectivity index (χ0n) is 14.1. The van der Waals surface area contributed by atoms with E-state index in [0.717, 1.165) is 31.5 Å². The van der Waals surface area contributed by atoms with Gasteiger partial charge in [-0.15, -0.1) is 0 Å². The average Bonchev–Trinajstić information content (AvgIpc) is 2.90. The summed E-state index contributed by atoms with van der Waals surface area (Å²) in [4.78, 5) is 13.7. The van der Waals surface area contributed by atoms with E-state index in [2.05, 4.69) is 10.2 Å².